The molecular formula is C14H27N3. The molecule has 0 aromatic rings. The summed E-state index contributed by atoms with van der Waals surface area (Å²) in [5.41, 5.74) is 0.251. The molecule has 0 radical (unpaired) electrons. The van der Waals surface area contributed by atoms with Gasteiger partial charge in [-0.15, -0.1) is 0 Å². The van der Waals surface area contributed by atoms with Gasteiger partial charge in [0.15, 0.2) is 0 Å². The van der Waals surface area contributed by atoms with Crippen molar-refractivity contribution in [2.75, 3.05) is 33.2 Å². The Labute approximate surface area is 106 Å². The first-order chi connectivity index (χ1) is 8.03. The minimum atomic E-state index is 0.251. The van der Waals surface area contributed by atoms with Crippen LogP contribution in [0.15, 0.2) is 0 Å². The maximum absolute atomic E-state index is 8.61. The van der Waals surface area contributed by atoms with Crippen LogP contribution in [-0.4, -0.2) is 38.1 Å². The molecule has 3 heteroatoms. The largest absolute Gasteiger partial charge is 0.316 e. The Hall–Kier alpha value is -0.590. The maximum Gasteiger partial charge on any atom is 0.0621 e. The average Bonchev–Trinajstić information content (AvgIpc) is 2.29. The van der Waals surface area contributed by atoms with E-state index in [-0.39, 0.29) is 5.41 Å². The van der Waals surface area contributed by atoms with Crippen molar-refractivity contribution in [2.45, 2.75) is 39.5 Å². The first-order valence-electron chi connectivity index (χ1n) is 6.80. The molecule has 0 bridgehead atoms. The van der Waals surface area contributed by atoms with Crippen LogP contribution in [-0.2, 0) is 0 Å². The van der Waals surface area contributed by atoms with E-state index >= 15 is 0 Å². The lowest BCUT2D eigenvalue weighted by atomic mass is 9.87. The Balaban J connectivity index is 2.12. The second-order valence-electron chi connectivity index (χ2n) is 6.20. The van der Waals surface area contributed by atoms with Crippen molar-refractivity contribution in [3.05, 3.63) is 0 Å². The summed E-state index contributed by atoms with van der Waals surface area (Å²) in [6, 6.07) is 2.24. The minimum Gasteiger partial charge on any atom is -0.316 e. The van der Waals surface area contributed by atoms with Crippen LogP contribution in [0.4, 0.5) is 0 Å². The van der Waals surface area contributed by atoms with Gasteiger partial charge in [-0.2, -0.15) is 5.26 Å². The van der Waals surface area contributed by atoms with E-state index in [0.717, 1.165) is 25.4 Å². The number of nitrogens with zero attached hydrogens (tertiary/aromatic N) is 2. The Bertz CT molecular complexity index is 247. The summed E-state index contributed by atoms with van der Waals surface area (Å²) >= 11 is 0. The summed E-state index contributed by atoms with van der Waals surface area (Å²) < 4.78 is 0. The fraction of sp³-hybridized carbons (Fsp3) is 0.929. The third kappa shape index (κ3) is 6.05. The summed E-state index contributed by atoms with van der Waals surface area (Å²) in [4.78, 5) is 2.41. The number of nitriles is 1. The van der Waals surface area contributed by atoms with Crippen molar-refractivity contribution in [1.29, 1.82) is 5.26 Å². The highest BCUT2D eigenvalue weighted by atomic mass is 15.1. The zero-order valence-electron chi connectivity index (χ0n) is 11.6. The van der Waals surface area contributed by atoms with Crippen molar-refractivity contribution < 1.29 is 0 Å². The minimum absolute atomic E-state index is 0.251. The summed E-state index contributed by atoms with van der Waals surface area (Å²) in [6.07, 6.45) is 4.30. The quantitative estimate of drug-likeness (QED) is 0.770. The van der Waals surface area contributed by atoms with E-state index < -0.39 is 0 Å². The van der Waals surface area contributed by atoms with Gasteiger partial charge in [-0.3, -0.25) is 0 Å². The number of hydrogen-bond acceptors (Lipinski definition) is 3. The molecule has 0 aromatic heterocycles. The lowest BCUT2D eigenvalue weighted by molar-refractivity contribution is 0.209. The van der Waals surface area contributed by atoms with E-state index in [0.29, 0.717) is 6.42 Å². The molecule has 0 saturated carbocycles. The molecule has 0 aliphatic carbocycles. The number of piperidine rings is 1. The van der Waals surface area contributed by atoms with Gasteiger partial charge in [-0.25, -0.2) is 0 Å². The Morgan fingerprint density at radius 3 is 2.59 bits per heavy atom. The van der Waals surface area contributed by atoms with Gasteiger partial charge in [0.2, 0.25) is 0 Å². The smallest absolute Gasteiger partial charge is 0.0621 e. The topological polar surface area (TPSA) is 39.1 Å². The van der Waals surface area contributed by atoms with Crippen molar-refractivity contribution in [3.63, 3.8) is 0 Å². The average molecular weight is 237 g/mol. The van der Waals surface area contributed by atoms with Crippen LogP contribution in [0.2, 0.25) is 0 Å². The highest BCUT2D eigenvalue weighted by molar-refractivity contribution is 4.80. The Morgan fingerprint density at radius 1 is 1.35 bits per heavy atom. The fourth-order valence-corrected chi connectivity index (χ4v) is 2.36. The van der Waals surface area contributed by atoms with Crippen LogP contribution < -0.4 is 5.32 Å². The molecule has 1 aliphatic heterocycles. The fourth-order valence-electron chi connectivity index (χ4n) is 2.36. The van der Waals surface area contributed by atoms with Gasteiger partial charge in [-0.1, -0.05) is 13.8 Å². The molecule has 1 rings (SSSR count). The van der Waals surface area contributed by atoms with Crippen molar-refractivity contribution >= 4 is 0 Å². The van der Waals surface area contributed by atoms with Gasteiger partial charge >= 0.3 is 0 Å². The van der Waals surface area contributed by atoms with Crippen LogP contribution in [0.3, 0.4) is 0 Å². The zero-order chi connectivity index (χ0) is 12.7. The molecule has 3 nitrogen and oxygen atoms in total. The standard InChI is InChI=1S/C14H27N3/c1-14(2,7-4-8-15)12-16-11-13-5-9-17(3)10-6-13/h13,16H,4-7,9-12H2,1-3H3. The summed E-state index contributed by atoms with van der Waals surface area (Å²) in [5, 5.41) is 12.2. The van der Waals surface area contributed by atoms with E-state index in [1.807, 2.05) is 0 Å². The predicted molar refractivity (Wildman–Crippen MR) is 71.7 cm³/mol. The van der Waals surface area contributed by atoms with Gasteiger partial charge in [0, 0.05) is 13.0 Å². The van der Waals surface area contributed by atoms with E-state index in [9.17, 15) is 0 Å². The Morgan fingerprint density at radius 2 is 2.00 bits per heavy atom. The predicted octanol–water partition coefficient (Wildman–Crippen LogP) is 2.25. The molecule has 0 amide bonds. The van der Waals surface area contributed by atoms with Crippen LogP contribution in [0.5, 0.6) is 0 Å². The number of hydrogen-bond donors (Lipinski definition) is 1. The molecule has 1 N–H and O–H groups in total. The molecule has 0 aromatic carbocycles. The maximum atomic E-state index is 8.61. The van der Waals surface area contributed by atoms with Crippen LogP contribution >= 0.6 is 0 Å². The first-order valence-corrected chi connectivity index (χ1v) is 6.80. The molecule has 0 spiro atoms. The second-order valence-corrected chi connectivity index (χ2v) is 6.20. The lowest BCUT2D eigenvalue weighted by Gasteiger charge is -2.30. The Kier molecular flexibility index (Phi) is 5.94. The molecule has 0 atom stereocenters. The van der Waals surface area contributed by atoms with Crippen LogP contribution in [0.25, 0.3) is 0 Å². The van der Waals surface area contributed by atoms with E-state index in [2.05, 4.69) is 37.2 Å². The summed E-state index contributed by atoms with van der Waals surface area (Å²) in [5.74, 6) is 0.845. The number of rotatable bonds is 6. The third-order valence-electron chi connectivity index (χ3n) is 3.79. The molecule has 1 heterocycles. The molecule has 1 saturated heterocycles. The van der Waals surface area contributed by atoms with Crippen molar-refractivity contribution in [1.82, 2.24) is 10.2 Å². The van der Waals surface area contributed by atoms with Crippen molar-refractivity contribution in [3.8, 4) is 6.07 Å². The molecule has 1 fully saturated rings. The van der Waals surface area contributed by atoms with Crippen molar-refractivity contribution in [2.24, 2.45) is 11.3 Å². The zero-order valence-corrected chi connectivity index (χ0v) is 11.6. The van der Waals surface area contributed by atoms with Gasteiger partial charge in [0.1, 0.15) is 0 Å². The molecule has 98 valence electrons. The summed E-state index contributed by atoms with van der Waals surface area (Å²) in [7, 11) is 2.20. The van der Waals surface area contributed by atoms with Crippen LogP contribution in [0, 0.1) is 22.7 Å². The monoisotopic (exact) mass is 237 g/mol. The number of likely N-dealkylation sites (tertiary alicyclic amines) is 1. The van der Waals surface area contributed by atoms with Gasteiger partial charge < -0.3 is 10.2 Å². The molecular weight excluding hydrogens is 210 g/mol. The third-order valence-corrected chi connectivity index (χ3v) is 3.79. The first kappa shape index (κ1) is 14.5. The number of nitrogens with one attached hydrogen (secondary N) is 1. The highest BCUT2D eigenvalue weighted by Gasteiger charge is 2.19. The SMILES string of the molecule is CN1CCC(CNCC(C)(C)CCC#N)CC1. The molecule has 17 heavy (non-hydrogen) atoms. The highest BCUT2D eigenvalue weighted by Crippen LogP contribution is 2.21. The second kappa shape index (κ2) is 6.98. The van der Waals surface area contributed by atoms with E-state index in [4.69, 9.17) is 5.26 Å². The van der Waals surface area contributed by atoms with E-state index in [1.165, 1.54) is 25.9 Å². The van der Waals surface area contributed by atoms with E-state index in [1.54, 1.807) is 0 Å². The van der Waals surface area contributed by atoms with Gasteiger partial charge in [0.05, 0.1) is 6.07 Å². The molecule has 1 aliphatic rings. The van der Waals surface area contributed by atoms with Gasteiger partial charge in [0.25, 0.3) is 0 Å². The lowest BCUT2D eigenvalue weighted by Crippen LogP contribution is -2.37. The van der Waals surface area contributed by atoms with Crippen LogP contribution in [0.1, 0.15) is 39.5 Å². The summed E-state index contributed by atoms with van der Waals surface area (Å²) in [6.45, 7) is 9.14. The molecule has 0 unspecified atom stereocenters. The van der Waals surface area contributed by atoms with Gasteiger partial charge in [-0.05, 0) is 57.3 Å². The normalized spacial score (nSPS) is 19.2.